The van der Waals surface area contributed by atoms with E-state index in [0.717, 1.165) is 38.1 Å². The Morgan fingerprint density at radius 1 is 0.921 bits per heavy atom. The summed E-state index contributed by atoms with van der Waals surface area (Å²) < 4.78 is 20.2. The van der Waals surface area contributed by atoms with Gasteiger partial charge >= 0.3 is 0 Å². The molecule has 0 atom stereocenters. The molecule has 38 heavy (non-hydrogen) atoms. The van der Waals surface area contributed by atoms with Gasteiger partial charge in [-0.1, -0.05) is 63.5 Å². The van der Waals surface area contributed by atoms with Crippen LogP contribution >= 0.6 is 27.7 Å². The number of thioether (sulfide) groups is 1. The van der Waals surface area contributed by atoms with Gasteiger partial charge in [0, 0.05) is 10.0 Å². The first-order chi connectivity index (χ1) is 18.4. The van der Waals surface area contributed by atoms with Gasteiger partial charge in [0.25, 0.3) is 5.91 Å². The molecule has 1 heterocycles. The van der Waals surface area contributed by atoms with Gasteiger partial charge in [-0.15, -0.1) is 0 Å². The zero-order valence-electron chi connectivity index (χ0n) is 20.8. The first-order valence-corrected chi connectivity index (χ1v) is 13.6. The molecule has 4 aromatic rings. The van der Waals surface area contributed by atoms with Crippen LogP contribution in [0.4, 0.5) is 15.8 Å². The Balaban J connectivity index is 1.50. The number of ether oxygens (including phenoxy) is 1. The number of hydrogen-bond donors (Lipinski definition) is 0. The summed E-state index contributed by atoms with van der Waals surface area (Å²) in [5.41, 5.74) is 5.37. The lowest BCUT2D eigenvalue weighted by Gasteiger charge is -2.16. The second-order valence-corrected chi connectivity index (χ2v) is 10.8. The SMILES string of the molecule is Cc1ccc(N=C2S/C(=C\c3cc(Br)ccc3OCc3ccc(F)cc3)C(=O)N2c2ccc(C)cc2)cc1. The van der Waals surface area contributed by atoms with E-state index in [1.165, 1.54) is 23.9 Å². The molecule has 4 nitrogen and oxygen atoms in total. The van der Waals surface area contributed by atoms with Gasteiger partial charge in [-0.3, -0.25) is 9.69 Å². The lowest BCUT2D eigenvalue weighted by atomic mass is 10.1. The average Bonchev–Trinajstić information content (AvgIpc) is 3.20. The zero-order valence-corrected chi connectivity index (χ0v) is 23.2. The van der Waals surface area contributed by atoms with Crippen molar-refractivity contribution in [2.75, 3.05) is 4.90 Å². The summed E-state index contributed by atoms with van der Waals surface area (Å²) in [5.74, 6) is 0.166. The van der Waals surface area contributed by atoms with Crippen molar-refractivity contribution in [3.8, 4) is 5.75 Å². The van der Waals surface area contributed by atoms with Crippen LogP contribution in [0.2, 0.25) is 0 Å². The normalized spacial score (nSPS) is 15.5. The predicted octanol–water partition coefficient (Wildman–Crippen LogP) is 8.59. The van der Waals surface area contributed by atoms with Crippen molar-refractivity contribution in [2.45, 2.75) is 20.5 Å². The van der Waals surface area contributed by atoms with Gasteiger partial charge in [0.2, 0.25) is 0 Å². The molecule has 1 amide bonds. The van der Waals surface area contributed by atoms with Gasteiger partial charge in [0.15, 0.2) is 5.17 Å². The summed E-state index contributed by atoms with van der Waals surface area (Å²) in [6.45, 7) is 4.31. The fraction of sp³-hybridized carbons (Fsp3) is 0.0968. The van der Waals surface area contributed by atoms with E-state index < -0.39 is 0 Å². The van der Waals surface area contributed by atoms with Crippen LogP contribution in [0.5, 0.6) is 5.75 Å². The lowest BCUT2D eigenvalue weighted by Crippen LogP contribution is -2.28. The molecular weight excluding hydrogens is 563 g/mol. The fourth-order valence-corrected chi connectivity index (χ4v) is 5.22. The van der Waals surface area contributed by atoms with Gasteiger partial charge in [0.05, 0.1) is 16.3 Å². The maximum Gasteiger partial charge on any atom is 0.271 e. The van der Waals surface area contributed by atoms with E-state index in [0.29, 0.717) is 15.8 Å². The van der Waals surface area contributed by atoms with Crippen molar-refractivity contribution in [1.82, 2.24) is 0 Å². The highest BCUT2D eigenvalue weighted by Crippen LogP contribution is 2.39. The Morgan fingerprint density at radius 2 is 1.58 bits per heavy atom. The molecule has 0 aliphatic carbocycles. The number of amides is 1. The summed E-state index contributed by atoms with van der Waals surface area (Å²) in [6, 6.07) is 27.5. The Morgan fingerprint density at radius 3 is 2.26 bits per heavy atom. The number of aryl methyl sites for hydroxylation is 2. The van der Waals surface area contributed by atoms with Crippen LogP contribution in [0.3, 0.4) is 0 Å². The number of halogens is 2. The summed E-state index contributed by atoms with van der Waals surface area (Å²) in [6.07, 6.45) is 1.83. The van der Waals surface area contributed by atoms with Crippen LogP contribution in [0.25, 0.3) is 6.08 Å². The Hall–Kier alpha value is -3.68. The van der Waals surface area contributed by atoms with Crippen molar-refractivity contribution < 1.29 is 13.9 Å². The minimum absolute atomic E-state index is 0.158. The highest BCUT2D eigenvalue weighted by molar-refractivity contribution is 9.10. The number of carbonyl (C=O) groups is 1. The molecule has 0 bridgehead atoms. The second kappa shape index (κ2) is 11.4. The van der Waals surface area contributed by atoms with Crippen LogP contribution in [-0.4, -0.2) is 11.1 Å². The van der Waals surface area contributed by atoms with Crippen LogP contribution in [-0.2, 0) is 11.4 Å². The van der Waals surface area contributed by atoms with Crippen molar-refractivity contribution in [1.29, 1.82) is 0 Å². The third kappa shape index (κ3) is 6.06. The number of hydrogen-bond acceptors (Lipinski definition) is 4. The average molecular weight is 588 g/mol. The highest BCUT2D eigenvalue weighted by Gasteiger charge is 2.35. The molecular formula is C31H24BrFN2O2S. The van der Waals surface area contributed by atoms with Gasteiger partial charge in [-0.25, -0.2) is 9.38 Å². The third-order valence-corrected chi connectivity index (χ3v) is 7.39. The topological polar surface area (TPSA) is 41.9 Å². The quantitative estimate of drug-likeness (QED) is 0.212. The molecule has 0 unspecified atom stereocenters. The van der Waals surface area contributed by atoms with E-state index in [-0.39, 0.29) is 18.3 Å². The van der Waals surface area contributed by atoms with Crippen LogP contribution in [0.1, 0.15) is 22.3 Å². The highest BCUT2D eigenvalue weighted by atomic mass is 79.9. The Kier molecular flexibility index (Phi) is 7.77. The largest absolute Gasteiger partial charge is 0.488 e. The standard InChI is InChI=1S/C31H24BrFN2O2S/c1-20-3-12-26(13-4-20)34-31-35(27-14-5-21(2)6-15-27)30(36)29(38-31)18-23-17-24(32)9-16-28(23)37-19-22-7-10-25(33)11-8-22/h3-18H,19H2,1-2H3/b29-18-,34-31?. The molecule has 7 heteroatoms. The number of aliphatic imine (C=N–C) groups is 1. The monoisotopic (exact) mass is 586 g/mol. The zero-order chi connectivity index (χ0) is 26.6. The van der Waals surface area contributed by atoms with E-state index >= 15 is 0 Å². The van der Waals surface area contributed by atoms with E-state index in [1.54, 1.807) is 17.0 Å². The molecule has 1 saturated heterocycles. The van der Waals surface area contributed by atoms with Crippen molar-refractivity contribution in [3.05, 3.63) is 128 Å². The van der Waals surface area contributed by atoms with Crippen LogP contribution in [0, 0.1) is 19.7 Å². The maximum atomic E-state index is 13.7. The summed E-state index contributed by atoms with van der Waals surface area (Å²) >= 11 is 4.86. The molecule has 5 rings (SSSR count). The van der Waals surface area contributed by atoms with E-state index in [9.17, 15) is 9.18 Å². The van der Waals surface area contributed by atoms with Crippen LogP contribution in [0.15, 0.2) is 105 Å². The summed E-state index contributed by atoms with van der Waals surface area (Å²) in [4.78, 5) is 20.7. The number of rotatable bonds is 6. The molecule has 190 valence electrons. The number of anilines is 1. The molecule has 0 spiro atoms. The van der Waals surface area contributed by atoms with Crippen molar-refractivity contribution in [3.63, 3.8) is 0 Å². The molecule has 4 aromatic carbocycles. The molecule has 0 saturated carbocycles. The van der Waals surface area contributed by atoms with Gasteiger partial charge in [-0.05, 0) is 91.8 Å². The number of amidine groups is 1. The molecule has 0 N–H and O–H groups in total. The summed E-state index contributed by atoms with van der Waals surface area (Å²) in [7, 11) is 0. The Labute approximate surface area is 234 Å². The molecule has 1 aliphatic rings. The smallest absolute Gasteiger partial charge is 0.271 e. The predicted molar refractivity (Wildman–Crippen MR) is 157 cm³/mol. The maximum absolute atomic E-state index is 13.7. The van der Waals surface area contributed by atoms with Gasteiger partial charge < -0.3 is 4.74 Å². The van der Waals surface area contributed by atoms with E-state index in [2.05, 4.69) is 15.9 Å². The van der Waals surface area contributed by atoms with Crippen molar-refractivity contribution in [2.24, 2.45) is 4.99 Å². The molecule has 0 aromatic heterocycles. The minimum Gasteiger partial charge on any atom is -0.488 e. The molecule has 1 aliphatic heterocycles. The number of carbonyl (C=O) groups excluding carboxylic acids is 1. The van der Waals surface area contributed by atoms with E-state index in [4.69, 9.17) is 9.73 Å². The first kappa shape index (κ1) is 25.9. The number of nitrogens with zero attached hydrogens (tertiary/aromatic N) is 2. The lowest BCUT2D eigenvalue weighted by molar-refractivity contribution is -0.113. The first-order valence-electron chi connectivity index (χ1n) is 12.0. The second-order valence-electron chi connectivity index (χ2n) is 8.91. The molecule has 0 radical (unpaired) electrons. The van der Waals surface area contributed by atoms with E-state index in [1.807, 2.05) is 86.7 Å². The van der Waals surface area contributed by atoms with Crippen LogP contribution < -0.4 is 9.64 Å². The summed E-state index contributed by atoms with van der Waals surface area (Å²) in [5, 5.41) is 0.581. The minimum atomic E-state index is -0.291. The number of benzene rings is 4. The fourth-order valence-electron chi connectivity index (χ4n) is 3.85. The Bertz CT molecular complexity index is 1530. The molecule has 1 fully saturated rings. The third-order valence-electron chi connectivity index (χ3n) is 5.92. The van der Waals surface area contributed by atoms with Gasteiger partial charge in [0.1, 0.15) is 18.2 Å². The van der Waals surface area contributed by atoms with Gasteiger partial charge in [-0.2, -0.15) is 0 Å². The van der Waals surface area contributed by atoms with Crippen molar-refractivity contribution >= 4 is 56.2 Å².